The van der Waals surface area contributed by atoms with Gasteiger partial charge in [0, 0.05) is 12.1 Å². The summed E-state index contributed by atoms with van der Waals surface area (Å²) >= 11 is 0. The summed E-state index contributed by atoms with van der Waals surface area (Å²) in [7, 11) is 1.83. The van der Waals surface area contributed by atoms with E-state index in [0.717, 1.165) is 5.56 Å². The molecule has 0 aliphatic carbocycles. The van der Waals surface area contributed by atoms with Gasteiger partial charge in [-0.05, 0) is 13.1 Å². The second-order valence-electron chi connectivity index (χ2n) is 2.77. The highest BCUT2D eigenvalue weighted by atomic mass is 16.3. The maximum atomic E-state index is 10.5. The molecule has 1 aromatic heterocycles. The van der Waals surface area contributed by atoms with Gasteiger partial charge in [0.05, 0.1) is 19.1 Å². The van der Waals surface area contributed by atoms with Crippen molar-refractivity contribution in [3.8, 4) is 0 Å². The number of nitrogens with two attached hydrogens (primary N) is 1. The third-order valence-electron chi connectivity index (χ3n) is 1.46. The molecule has 0 radical (unpaired) electrons. The van der Waals surface area contributed by atoms with E-state index >= 15 is 0 Å². The van der Waals surface area contributed by atoms with E-state index in [1.165, 1.54) is 0 Å². The normalized spacial score (nSPS) is 10.5. The van der Waals surface area contributed by atoms with E-state index in [2.05, 4.69) is 0 Å². The maximum Gasteiger partial charge on any atom is 0.231 e. The van der Waals surface area contributed by atoms with Gasteiger partial charge in [-0.2, -0.15) is 0 Å². The predicted molar refractivity (Wildman–Crippen MR) is 44.2 cm³/mol. The zero-order chi connectivity index (χ0) is 8.97. The highest BCUT2D eigenvalue weighted by Crippen LogP contribution is 2.02. The second-order valence-corrected chi connectivity index (χ2v) is 2.77. The molecular weight excluding hydrogens is 156 g/mol. The lowest BCUT2D eigenvalue weighted by molar-refractivity contribution is -0.118. The quantitative estimate of drug-likeness (QED) is 0.698. The maximum absolute atomic E-state index is 10.5. The highest BCUT2D eigenvalue weighted by Gasteiger charge is 2.03. The number of likely N-dealkylation sites (N-methyl/N-ethyl adjacent to an activating group) is 1. The molecule has 0 saturated heterocycles. The Morgan fingerprint density at radius 1 is 1.75 bits per heavy atom. The first kappa shape index (κ1) is 8.80. The molecule has 4 nitrogen and oxygen atoms in total. The lowest BCUT2D eigenvalue weighted by atomic mass is 10.3. The molecule has 0 fully saturated rings. The average molecular weight is 168 g/mol. The summed E-state index contributed by atoms with van der Waals surface area (Å²) in [6.07, 6.45) is 3.25. The van der Waals surface area contributed by atoms with E-state index in [1.54, 1.807) is 12.5 Å². The van der Waals surface area contributed by atoms with E-state index in [4.69, 9.17) is 10.2 Å². The minimum atomic E-state index is -0.319. The van der Waals surface area contributed by atoms with Gasteiger partial charge >= 0.3 is 0 Å². The number of nitrogens with zero attached hydrogens (tertiary/aromatic N) is 1. The molecule has 0 aliphatic rings. The number of rotatable bonds is 4. The molecule has 12 heavy (non-hydrogen) atoms. The number of carbonyl (C=O) groups excluding carboxylic acids is 1. The summed E-state index contributed by atoms with van der Waals surface area (Å²) in [5.74, 6) is -0.319. The lowest BCUT2D eigenvalue weighted by Gasteiger charge is -2.12. The Hall–Kier alpha value is -1.29. The largest absolute Gasteiger partial charge is 0.472 e. The number of hydrogen-bond acceptors (Lipinski definition) is 3. The van der Waals surface area contributed by atoms with Crippen LogP contribution in [0, 0.1) is 0 Å². The number of hydrogen-bond donors (Lipinski definition) is 1. The molecule has 0 saturated carbocycles. The summed E-state index contributed by atoms with van der Waals surface area (Å²) in [5.41, 5.74) is 6.06. The van der Waals surface area contributed by atoms with Gasteiger partial charge in [0.15, 0.2) is 0 Å². The molecule has 4 heteroatoms. The van der Waals surface area contributed by atoms with E-state index in [9.17, 15) is 4.79 Å². The second kappa shape index (κ2) is 3.92. The van der Waals surface area contributed by atoms with Crippen molar-refractivity contribution in [2.75, 3.05) is 13.6 Å². The molecule has 2 N–H and O–H groups in total. The smallest absolute Gasteiger partial charge is 0.231 e. The van der Waals surface area contributed by atoms with Crippen LogP contribution >= 0.6 is 0 Å². The molecule has 1 aromatic rings. The van der Waals surface area contributed by atoms with Gasteiger partial charge in [-0.3, -0.25) is 9.69 Å². The minimum absolute atomic E-state index is 0.269. The van der Waals surface area contributed by atoms with E-state index < -0.39 is 0 Å². The molecular formula is C8H12N2O2. The predicted octanol–water partition coefficient (Wildman–Crippen LogP) is 0.197. The first-order valence-corrected chi connectivity index (χ1v) is 3.66. The number of primary amides is 1. The van der Waals surface area contributed by atoms with Crippen LogP contribution < -0.4 is 5.73 Å². The summed E-state index contributed by atoms with van der Waals surface area (Å²) in [4.78, 5) is 12.3. The minimum Gasteiger partial charge on any atom is -0.472 e. The van der Waals surface area contributed by atoms with Crippen LogP contribution in [-0.4, -0.2) is 24.4 Å². The van der Waals surface area contributed by atoms with Crippen molar-refractivity contribution in [3.63, 3.8) is 0 Å². The van der Waals surface area contributed by atoms with Crippen LogP contribution in [0.25, 0.3) is 0 Å². The van der Waals surface area contributed by atoms with Gasteiger partial charge in [0.25, 0.3) is 0 Å². The van der Waals surface area contributed by atoms with Crippen molar-refractivity contribution in [2.24, 2.45) is 5.73 Å². The highest BCUT2D eigenvalue weighted by molar-refractivity contribution is 5.75. The Balaban J connectivity index is 2.36. The monoisotopic (exact) mass is 168 g/mol. The molecule has 0 unspecified atom stereocenters. The van der Waals surface area contributed by atoms with Gasteiger partial charge in [0.2, 0.25) is 5.91 Å². The van der Waals surface area contributed by atoms with Crippen molar-refractivity contribution in [1.82, 2.24) is 4.90 Å². The average Bonchev–Trinajstić information content (AvgIpc) is 2.37. The Morgan fingerprint density at radius 2 is 2.50 bits per heavy atom. The van der Waals surface area contributed by atoms with Crippen LogP contribution in [0.5, 0.6) is 0 Å². The van der Waals surface area contributed by atoms with Crippen molar-refractivity contribution < 1.29 is 9.21 Å². The van der Waals surface area contributed by atoms with Crippen LogP contribution in [0.4, 0.5) is 0 Å². The SMILES string of the molecule is CN(CC(N)=O)Cc1ccoc1. The zero-order valence-corrected chi connectivity index (χ0v) is 6.99. The number of amides is 1. The Labute approximate surface area is 70.9 Å². The van der Waals surface area contributed by atoms with Crippen LogP contribution in [0.2, 0.25) is 0 Å². The topological polar surface area (TPSA) is 59.5 Å². The van der Waals surface area contributed by atoms with Crippen molar-refractivity contribution in [1.29, 1.82) is 0 Å². The van der Waals surface area contributed by atoms with Crippen LogP contribution in [0.3, 0.4) is 0 Å². The van der Waals surface area contributed by atoms with Gasteiger partial charge < -0.3 is 10.2 Å². The van der Waals surface area contributed by atoms with E-state index in [-0.39, 0.29) is 12.5 Å². The van der Waals surface area contributed by atoms with Crippen LogP contribution in [0.15, 0.2) is 23.0 Å². The Bertz CT molecular complexity index is 244. The molecule has 0 atom stereocenters. The Kier molecular flexibility index (Phi) is 2.88. The summed E-state index contributed by atoms with van der Waals surface area (Å²) in [6, 6.07) is 1.86. The van der Waals surface area contributed by atoms with Crippen LogP contribution in [-0.2, 0) is 11.3 Å². The number of carbonyl (C=O) groups is 1. The molecule has 0 bridgehead atoms. The summed E-state index contributed by atoms with van der Waals surface area (Å²) < 4.78 is 4.88. The fraction of sp³-hybridized carbons (Fsp3) is 0.375. The lowest BCUT2D eigenvalue weighted by Crippen LogP contribution is -2.30. The molecule has 1 heterocycles. The molecule has 1 amide bonds. The van der Waals surface area contributed by atoms with Crippen molar-refractivity contribution >= 4 is 5.91 Å². The van der Waals surface area contributed by atoms with Gasteiger partial charge in [-0.25, -0.2) is 0 Å². The standard InChI is InChI=1S/C8H12N2O2/c1-10(5-8(9)11)4-7-2-3-12-6-7/h2-3,6H,4-5H2,1H3,(H2,9,11). The number of furan rings is 1. The van der Waals surface area contributed by atoms with E-state index in [0.29, 0.717) is 6.54 Å². The zero-order valence-electron chi connectivity index (χ0n) is 6.99. The molecule has 1 rings (SSSR count). The summed E-state index contributed by atoms with van der Waals surface area (Å²) in [6.45, 7) is 0.949. The first-order valence-electron chi connectivity index (χ1n) is 3.66. The third kappa shape index (κ3) is 2.75. The summed E-state index contributed by atoms with van der Waals surface area (Å²) in [5, 5.41) is 0. The van der Waals surface area contributed by atoms with Crippen LogP contribution in [0.1, 0.15) is 5.56 Å². The van der Waals surface area contributed by atoms with Gasteiger partial charge in [-0.15, -0.1) is 0 Å². The Morgan fingerprint density at radius 3 is 3.00 bits per heavy atom. The van der Waals surface area contributed by atoms with Gasteiger partial charge in [-0.1, -0.05) is 0 Å². The van der Waals surface area contributed by atoms with Gasteiger partial charge in [0.1, 0.15) is 0 Å². The van der Waals surface area contributed by atoms with E-state index in [1.807, 2.05) is 18.0 Å². The molecule has 0 aromatic carbocycles. The fourth-order valence-electron chi connectivity index (χ4n) is 1.02. The molecule has 66 valence electrons. The molecule has 0 spiro atoms. The first-order chi connectivity index (χ1) is 5.68. The molecule has 0 aliphatic heterocycles. The fourth-order valence-corrected chi connectivity index (χ4v) is 1.02. The third-order valence-corrected chi connectivity index (χ3v) is 1.46. The van der Waals surface area contributed by atoms with Crippen molar-refractivity contribution in [2.45, 2.75) is 6.54 Å². The van der Waals surface area contributed by atoms with Crippen molar-refractivity contribution in [3.05, 3.63) is 24.2 Å².